The van der Waals surface area contributed by atoms with Crippen LogP contribution in [0.1, 0.15) is 19.5 Å². The lowest BCUT2D eigenvalue weighted by Gasteiger charge is -2.35. The first-order valence-electron chi connectivity index (χ1n) is 5.56. The van der Waals surface area contributed by atoms with Gasteiger partial charge in [0, 0.05) is 24.8 Å². The molecule has 0 radical (unpaired) electrons. The molecule has 1 aliphatic heterocycles. The number of rotatable bonds is 1. The van der Waals surface area contributed by atoms with Crippen LogP contribution in [0.5, 0.6) is 0 Å². The smallest absolute Gasteiger partial charge is 0.227 e. The second kappa shape index (κ2) is 4.25. The zero-order valence-electron chi connectivity index (χ0n) is 9.97. The minimum absolute atomic E-state index is 0.203. The van der Waals surface area contributed by atoms with Crippen LogP contribution in [0.3, 0.4) is 0 Å². The van der Waals surface area contributed by atoms with Crippen molar-refractivity contribution in [1.29, 1.82) is 0 Å². The Bertz CT molecular complexity index is 352. The second-order valence-corrected chi connectivity index (χ2v) is 4.40. The van der Waals surface area contributed by atoms with E-state index in [4.69, 9.17) is 10.5 Å². The van der Waals surface area contributed by atoms with Crippen molar-refractivity contribution < 1.29 is 4.74 Å². The molecule has 5 nitrogen and oxygen atoms in total. The summed E-state index contributed by atoms with van der Waals surface area (Å²) in [6.45, 7) is 7.67. The molecule has 0 spiro atoms. The third-order valence-corrected chi connectivity index (χ3v) is 2.56. The first-order valence-corrected chi connectivity index (χ1v) is 5.56. The summed E-state index contributed by atoms with van der Waals surface area (Å²) < 4.78 is 5.67. The fourth-order valence-corrected chi connectivity index (χ4v) is 2.06. The average molecular weight is 222 g/mol. The second-order valence-electron chi connectivity index (χ2n) is 4.40. The Balaban J connectivity index is 2.22. The summed E-state index contributed by atoms with van der Waals surface area (Å²) in [6.07, 6.45) is 0.406. The van der Waals surface area contributed by atoms with E-state index in [9.17, 15) is 0 Å². The Kier molecular flexibility index (Phi) is 2.96. The van der Waals surface area contributed by atoms with Crippen molar-refractivity contribution in [2.75, 3.05) is 23.7 Å². The highest BCUT2D eigenvalue weighted by atomic mass is 16.5. The van der Waals surface area contributed by atoms with E-state index in [0.29, 0.717) is 11.8 Å². The molecular formula is C11H18N4O. The van der Waals surface area contributed by atoms with Crippen molar-refractivity contribution in [1.82, 2.24) is 9.97 Å². The minimum atomic E-state index is 0.203. The lowest BCUT2D eigenvalue weighted by Crippen LogP contribution is -2.46. The van der Waals surface area contributed by atoms with Crippen LogP contribution in [0, 0.1) is 6.92 Å². The average Bonchev–Trinajstić information content (AvgIpc) is 2.14. The molecule has 1 aromatic heterocycles. The van der Waals surface area contributed by atoms with Crippen molar-refractivity contribution >= 4 is 11.8 Å². The maximum atomic E-state index is 5.73. The molecule has 1 aliphatic rings. The lowest BCUT2D eigenvalue weighted by molar-refractivity contribution is -0.00572. The molecule has 2 rings (SSSR count). The third-order valence-electron chi connectivity index (χ3n) is 2.56. The Morgan fingerprint density at radius 3 is 2.50 bits per heavy atom. The van der Waals surface area contributed by atoms with Crippen LogP contribution in [0.15, 0.2) is 6.07 Å². The summed E-state index contributed by atoms with van der Waals surface area (Å²) in [4.78, 5) is 10.8. The van der Waals surface area contributed by atoms with Crippen LogP contribution in [-0.2, 0) is 4.74 Å². The number of hydrogen-bond acceptors (Lipinski definition) is 5. The molecule has 1 saturated heterocycles. The first kappa shape index (κ1) is 11.1. The quantitative estimate of drug-likeness (QED) is 0.767. The van der Waals surface area contributed by atoms with Gasteiger partial charge in [0.2, 0.25) is 5.95 Å². The number of hydrogen-bond donors (Lipinski definition) is 1. The fourth-order valence-electron chi connectivity index (χ4n) is 2.06. The standard InChI is InChI=1S/C11H18N4O/c1-7-4-10(12)14-11(13-7)15-5-8(2)16-9(3)6-15/h4,8-9H,5-6H2,1-3H3,(H2,12,13,14)/t8-,9+. The van der Waals surface area contributed by atoms with Gasteiger partial charge in [-0.1, -0.05) is 0 Å². The number of nitrogens with two attached hydrogens (primary N) is 1. The first-order chi connectivity index (χ1) is 7.54. The van der Waals surface area contributed by atoms with Crippen molar-refractivity contribution in [3.8, 4) is 0 Å². The van der Waals surface area contributed by atoms with E-state index >= 15 is 0 Å². The molecule has 5 heteroatoms. The predicted molar refractivity (Wildman–Crippen MR) is 63.4 cm³/mol. The van der Waals surface area contributed by atoms with Gasteiger partial charge in [-0.2, -0.15) is 4.98 Å². The predicted octanol–water partition coefficient (Wildman–Crippen LogP) is 0.981. The van der Waals surface area contributed by atoms with Gasteiger partial charge in [-0.3, -0.25) is 0 Å². The molecular weight excluding hydrogens is 204 g/mol. The van der Waals surface area contributed by atoms with Crippen LogP contribution in [-0.4, -0.2) is 35.3 Å². The van der Waals surface area contributed by atoms with Gasteiger partial charge < -0.3 is 15.4 Å². The minimum Gasteiger partial charge on any atom is -0.384 e. The Morgan fingerprint density at radius 1 is 1.31 bits per heavy atom. The van der Waals surface area contributed by atoms with E-state index in [1.807, 2.05) is 6.92 Å². The van der Waals surface area contributed by atoms with E-state index in [-0.39, 0.29) is 12.2 Å². The van der Waals surface area contributed by atoms with Gasteiger partial charge in [-0.25, -0.2) is 4.98 Å². The van der Waals surface area contributed by atoms with E-state index in [1.165, 1.54) is 0 Å². The van der Waals surface area contributed by atoms with Gasteiger partial charge in [-0.15, -0.1) is 0 Å². The summed E-state index contributed by atoms with van der Waals surface area (Å²) in [5, 5.41) is 0. The molecule has 0 bridgehead atoms. The monoisotopic (exact) mass is 222 g/mol. The van der Waals surface area contributed by atoms with Gasteiger partial charge in [0.15, 0.2) is 0 Å². The summed E-state index contributed by atoms with van der Waals surface area (Å²) in [5.41, 5.74) is 6.62. The van der Waals surface area contributed by atoms with E-state index in [0.717, 1.165) is 18.8 Å². The number of aryl methyl sites for hydroxylation is 1. The number of ether oxygens (including phenoxy) is 1. The van der Waals surface area contributed by atoms with Crippen molar-refractivity contribution in [2.24, 2.45) is 0 Å². The zero-order chi connectivity index (χ0) is 11.7. The number of nitrogen functional groups attached to an aromatic ring is 1. The van der Waals surface area contributed by atoms with Gasteiger partial charge >= 0.3 is 0 Å². The molecule has 1 fully saturated rings. The highest BCUT2D eigenvalue weighted by Crippen LogP contribution is 2.17. The largest absolute Gasteiger partial charge is 0.384 e. The third kappa shape index (κ3) is 2.41. The highest BCUT2D eigenvalue weighted by Gasteiger charge is 2.24. The van der Waals surface area contributed by atoms with Gasteiger partial charge in [-0.05, 0) is 20.8 Å². The Morgan fingerprint density at radius 2 is 1.94 bits per heavy atom. The molecule has 88 valence electrons. The van der Waals surface area contributed by atoms with Crippen LogP contribution >= 0.6 is 0 Å². The molecule has 0 aliphatic carbocycles. The van der Waals surface area contributed by atoms with Crippen molar-refractivity contribution in [3.63, 3.8) is 0 Å². The van der Waals surface area contributed by atoms with Gasteiger partial charge in [0.05, 0.1) is 12.2 Å². The topological polar surface area (TPSA) is 64.3 Å². The molecule has 2 N–H and O–H groups in total. The van der Waals surface area contributed by atoms with Crippen molar-refractivity contribution in [3.05, 3.63) is 11.8 Å². The van der Waals surface area contributed by atoms with Gasteiger partial charge in [0.1, 0.15) is 5.82 Å². The SMILES string of the molecule is Cc1cc(N)nc(N2C[C@@H](C)O[C@@H](C)C2)n1. The Hall–Kier alpha value is -1.36. The summed E-state index contributed by atoms with van der Waals surface area (Å²) in [5.74, 6) is 1.23. The summed E-state index contributed by atoms with van der Waals surface area (Å²) >= 11 is 0. The number of nitrogens with zero attached hydrogens (tertiary/aromatic N) is 3. The van der Waals surface area contributed by atoms with E-state index in [1.54, 1.807) is 6.07 Å². The molecule has 0 unspecified atom stereocenters. The molecule has 16 heavy (non-hydrogen) atoms. The number of aromatic nitrogens is 2. The van der Waals surface area contributed by atoms with Crippen molar-refractivity contribution in [2.45, 2.75) is 33.0 Å². The normalized spacial score (nSPS) is 25.8. The van der Waals surface area contributed by atoms with Crippen LogP contribution < -0.4 is 10.6 Å². The maximum Gasteiger partial charge on any atom is 0.227 e. The van der Waals surface area contributed by atoms with Crippen LogP contribution in [0.25, 0.3) is 0 Å². The molecule has 1 aromatic rings. The van der Waals surface area contributed by atoms with E-state index in [2.05, 4.69) is 28.7 Å². The fraction of sp³-hybridized carbons (Fsp3) is 0.636. The zero-order valence-corrected chi connectivity index (χ0v) is 9.97. The van der Waals surface area contributed by atoms with Gasteiger partial charge in [0.25, 0.3) is 0 Å². The summed E-state index contributed by atoms with van der Waals surface area (Å²) in [7, 11) is 0. The Labute approximate surface area is 95.6 Å². The van der Waals surface area contributed by atoms with E-state index < -0.39 is 0 Å². The number of morpholine rings is 1. The molecule has 2 heterocycles. The number of anilines is 2. The molecule has 0 amide bonds. The molecule has 2 atom stereocenters. The molecule has 0 aromatic carbocycles. The summed E-state index contributed by atoms with van der Waals surface area (Å²) in [6, 6.07) is 1.77. The highest BCUT2D eigenvalue weighted by molar-refractivity contribution is 5.40. The maximum absolute atomic E-state index is 5.73. The van der Waals surface area contributed by atoms with Crippen LogP contribution in [0.2, 0.25) is 0 Å². The lowest BCUT2D eigenvalue weighted by atomic mass is 10.2. The molecule has 0 saturated carbocycles. The van der Waals surface area contributed by atoms with Crippen LogP contribution in [0.4, 0.5) is 11.8 Å².